The minimum Gasteiger partial charge on any atom is -0.453 e. The Hall–Kier alpha value is -7.92. The minimum atomic E-state index is 0.874. The van der Waals surface area contributed by atoms with E-state index in [2.05, 4.69) is 216 Å². The van der Waals surface area contributed by atoms with Gasteiger partial charge in [-0.3, -0.25) is 0 Å². The molecule has 3 nitrogen and oxygen atoms in total. The molecule has 0 atom stereocenters. The fourth-order valence-electron chi connectivity index (χ4n) is 9.77. The average Bonchev–Trinajstić information content (AvgIpc) is 3.90. The maximum absolute atomic E-state index is 6.42. The summed E-state index contributed by atoms with van der Waals surface area (Å²) in [6.45, 7) is 0. The first kappa shape index (κ1) is 34.9. The summed E-state index contributed by atoms with van der Waals surface area (Å²) in [6, 6.07) is 79.2. The van der Waals surface area contributed by atoms with E-state index in [1.165, 1.54) is 80.7 Å². The van der Waals surface area contributed by atoms with E-state index in [1.807, 2.05) is 23.5 Å². The van der Waals surface area contributed by atoms with Crippen molar-refractivity contribution in [3.05, 3.63) is 218 Å². The first-order chi connectivity index (χ1) is 30.7. The minimum absolute atomic E-state index is 0.874. The molecule has 0 radical (unpaired) electrons. The SMILES string of the molecule is c1cc(-c2ccc(-c3cccc4c3c3cccc5c3n4-c3ccccc3O5)cc2)cc(N(c2ccc(-c3cccc4ccccc34)cc2)c2cccc3c2sc2ccccc23)c1. The molecule has 13 rings (SSSR count). The van der Waals surface area contributed by atoms with Crippen LogP contribution in [-0.4, -0.2) is 4.57 Å². The highest BCUT2D eigenvalue weighted by Gasteiger charge is 2.25. The van der Waals surface area contributed by atoms with Crippen LogP contribution in [0.5, 0.6) is 11.5 Å². The molecular formula is C58H36N2OS. The topological polar surface area (TPSA) is 17.4 Å². The number of thiophene rings is 1. The molecule has 0 N–H and O–H groups in total. The molecule has 0 saturated heterocycles. The van der Waals surface area contributed by atoms with Crippen LogP contribution >= 0.6 is 11.3 Å². The van der Waals surface area contributed by atoms with Crippen molar-refractivity contribution in [1.82, 2.24) is 4.57 Å². The van der Waals surface area contributed by atoms with Gasteiger partial charge in [0.25, 0.3) is 0 Å². The number of fused-ring (bicyclic) bond motifs is 9. The van der Waals surface area contributed by atoms with Gasteiger partial charge in [-0.15, -0.1) is 11.3 Å². The Morgan fingerprint density at radius 3 is 1.98 bits per heavy atom. The van der Waals surface area contributed by atoms with Crippen molar-refractivity contribution in [1.29, 1.82) is 0 Å². The van der Waals surface area contributed by atoms with Gasteiger partial charge in [0.15, 0.2) is 11.5 Å². The van der Waals surface area contributed by atoms with Crippen LogP contribution in [0, 0.1) is 0 Å². The molecule has 0 amide bonds. The number of hydrogen-bond acceptors (Lipinski definition) is 3. The highest BCUT2D eigenvalue weighted by molar-refractivity contribution is 7.26. The van der Waals surface area contributed by atoms with Crippen molar-refractivity contribution in [2.45, 2.75) is 0 Å². The zero-order chi connectivity index (χ0) is 40.7. The second-order valence-corrected chi connectivity index (χ2v) is 17.1. The van der Waals surface area contributed by atoms with Crippen molar-refractivity contribution >= 4 is 81.1 Å². The monoisotopic (exact) mass is 808 g/mol. The second-order valence-electron chi connectivity index (χ2n) is 16.0. The van der Waals surface area contributed by atoms with E-state index in [9.17, 15) is 0 Å². The van der Waals surface area contributed by atoms with Gasteiger partial charge in [0.1, 0.15) is 0 Å². The molecule has 1 aliphatic rings. The number of rotatable bonds is 6. The zero-order valence-corrected chi connectivity index (χ0v) is 34.3. The Labute approximate surface area is 362 Å². The van der Waals surface area contributed by atoms with Crippen LogP contribution in [0.15, 0.2) is 218 Å². The molecule has 1 aliphatic heterocycles. The molecule has 62 heavy (non-hydrogen) atoms. The largest absolute Gasteiger partial charge is 0.453 e. The fraction of sp³-hybridized carbons (Fsp3) is 0. The lowest BCUT2D eigenvalue weighted by Gasteiger charge is -2.27. The summed E-state index contributed by atoms with van der Waals surface area (Å²) in [5.41, 5.74) is 13.9. The quantitative estimate of drug-likeness (QED) is 0.166. The van der Waals surface area contributed by atoms with Crippen molar-refractivity contribution in [2.24, 2.45) is 0 Å². The number of aromatic nitrogens is 1. The Kier molecular flexibility index (Phi) is 7.78. The van der Waals surface area contributed by atoms with E-state index in [0.29, 0.717) is 0 Å². The Morgan fingerprint density at radius 1 is 0.419 bits per heavy atom. The molecule has 0 bridgehead atoms. The Balaban J connectivity index is 0.920. The maximum Gasteiger partial charge on any atom is 0.152 e. The highest BCUT2D eigenvalue weighted by atomic mass is 32.1. The molecule has 0 saturated carbocycles. The summed E-state index contributed by atoms with van der Waals surface area (Å²) in [4.78, 5) is 2.43. The Bertz CT molecular complexity index is 3720. The molecule has 0 unspecified atom stereocenters. The van der Waals surface area contributed by atoms with E-state index in [4.69, 9.17) is 4.74 Å². The predicted molar refractivity (Wildman–Crippen MR) is 262 cm³/mol. The third kappa shape index (κ3) is 5.37. The standard InChI is InChI=1S/C58H36N2OS/c1-2-16-44-38(12-1)13-8-18-45(44)39-32-34-42(35-33-39)59(52-24-10-20-48-47-17-3-6-27-55(47)62-58(48)52)43-15-7-14-41(36-43)37-28-30-40(31-29-37)46-19-9-23-51-56(46)49-21-11-26-54-57(49)60(51)50-22-4-5-25-53(50)61-54/h1-36H. The lowest BCUT2D eigenvalue weighted by molar-refractivity contribution is 0.476. The second kappa shape index (κ2) is 13.8. The molecule has 2 aromatic heterocycles. The van der Waals surface area contributed by atoms with Crippen LogP contribution < -0.4 is 9.64 Å². The summed E-state index contributed by atoms with van der Waals surface area (Å²) in [5.74, 6) is 1.76. The van der Waals surface area contributed by atoms with Crippen LogP contribution in [-0.2, 0) is 0 Å². The van der Waals surface area contributed by atoms with Gasteiger partial charge in [-0.05, 0) is 105 Å². The number of benzene rings is 10. The lowest BCUT2D eigenvalue weighted by Crippen LogP contribution is -2.10. The highest BCUT2D eigenvalue weighted by Crippen LogP contribution is 2.49. The van der Waals surface area contributed by atoms with Crippen LogP contribution in [0.4, 0.5) is 17.1 Å². The molecule has 3 heterocycles. The van der Waals surface area contributed by atoms with E-state index in [0.717, 1.165) is 39.6 Å². The first-order valence-electron chi connectivity index (χ1n) is 21.1. The van der Waals surface area contributed by atoms with Crippen molar-refractivity contribution in [3.63, 3.8) is 0 Å². The van der Waals surface area contributed by atoms with Crippen LogP contribution in [0.1, 0.15) is 0 Å². The van der Waals surface area contributed by atoms with Gasteiger partial charge in [0, 0.05) is 37.6 Å². The van der Waals surface area contributed by atoms with Crippen molar-refractivity contribution in [3.8, 4) is 50.6 Å². The molecule has 12 aromatic rings. The first-order valence-corrected chi connectivity index (χ1v) is 21.9. The van der Waals surface area contributed by atoms with Gasteiger partial charge in [-0.1, -0.05) is 158 Å². The smallest absolute Gasteiger partial charge is 0.152 e. The number of nitrogens with zero attached hydrogens (tertiary/aromatic N) is 2. The average molecular weight is 809 g/mol. The van der Waals surface area contributed by atoms with Gasteiger partial charge in [-0.2, -0.15) is 0 Å². The van der Waals surface area contributed by atoms with Gasteiger partial charge in [-0.25, -0.2) is 0 Å². The third-order valence-electron chi connectivity index (χ3n) is 12.6. The van der Waals surface area contributed by atoms with E-state index in [-0.39, 0.29) is 0 Å². The van der Waals surface area contributed by atoms with Gasteiger partial charge in [0.05, 0.1) is 27.1 Å². The Morgan fingerprint density at radius 2 is 1.06 bits per heavy atom. The van der Waals surface area contributed by atoms with Crippen LogP contribution in [0.25, 0.3) is 91.8 Å². The number of ether oxygens (including phenoxy) is 1. The van der Waals surface area contributed by atoms with Gasteiger partial charge in [0.2, 0.25) is 0 Å². The summed E-state index contributed by atoms with van der Waals surface area (Å²) in [7, 11) is 0. The molecule has 0 aliphatic carbocycles. The summed E-state index contributed by atoms with van der Waals surface area (Å²) >= 11 is 1.86. The van der Waals surface area contributed by atoms with Gasteiger partial charge < -0.3 is 14.2 Å². The molecule has 10 aromatic carbocycles. The van der Waals surface area contributed by atoms with E-state index >= 15 is 0 Å². The predicted octanol–water partition coefficient (Wildman–Crippen LogP) is 16.9. The third-order valence-corrected chi connectivity index (χ3v) is 13.8. The summed E-state index contributed by atoms with van der Waals surface area (Å²) < 4.78 is 11.4. The number of anilines is 3. The van der Waals surface area contributed by atoms with E-state index < -0.39 is 0 Å². The molecule has 0 fully saturated rings. The number of hydrogen-bond donors (Lipinski definition) is 0. The van der Waals surface area contributed by atoms with E-state index in [1.54, 1.807) is 0 Å². The summed E-state index contributed by atoms with van der Waals surface area (Å²) in [6.07, 6.45) is 0. The maximum atomic E-state index is 6.42. The summed E-state index contributed by atoms with van der Waals surface area (Å²) in [5, 5.41) is 7.50. The van der Waals surface area contributed by atoms with Crippen molar-refractivity contribution < 1.29 is 4.74 Å². The fourth-order valence-corrected chi connectivity index (χ4v) is 11.0. The molecule has 4 heteroatoms. The van der Waals surface area contributed by atoms with Crippen LogP contribution in [0.2, 0.25) is 0 Å². The lowest BCUT2D eigenvalue weighted by atomic mass is 9.96. The molecule has 0 spiro atoms. The normalized spacial score (nSPS) is 12.0. The van der Waals surface area contributed by atoms with Crippen molar-refractivity contribution in [2.75, 3.05) is 4.90 Å². The molecule has 290 valence electrons. The van der Waals surface area contributed by atoms with Crippen LogP contribution in [0.3, 0.4) is 0 Å². The van der Waals surface area contributed by atoms with Gasteiger partial charge >= 0.3 is 0 Å². The molecular weight excluding hydrogens is 773 g/mol. The zero-order valence-electron chi connectivity index (χ0n) is 33.5. The number of para-hydroxylation sites is 3.